The third-order valence-corrected chi connectivity index (χ3v) is 4.75. The largest absolute Gasteiger partial charge is 0.352 e. The highest BCUT2D eigenvalue weighted by Crippen LogP contribution is 2.05. The van der Waals surface area contributed by atoms with Crippen LogP contribution in [0.1, 0.15) is 24.5 Å². The average Bonchev–Trinajstić information content (AvgIpc) is 2.73. The number of nitrogens with one attached hydrogen (secondary N) is 1. The number of hydrogen-bond donors (Lipinski definition) is 1. The minimum Gasteiger partial charge on any atom is -0.352 e. The second-order valence-corrected chi connectivity index (χ2v) is 7.13. The van der Waals surface area contributed by atoms with Crippen molar-refractivity contribution < 1.29 is 4.79 Å². The highest BCUT2D eigenvalue weighted by Gasteiger charge is 2.12. The van der Waals surface area contributed by atoms with Gasteiger partial charge in [-0.05, 0) is 30.9 Å². The molecule has 1 atom stereocenters. The summed E-state index contributed by atoms with van der Waals surface area (Å²) >= 11 is 0. The van der Waals surface area contributed by atoms with E-state index in [1.165, 1.54) is 22.4 Å². The summed E-state index contributed by atoms with van der Waals surface area (Å²) in [6.45, 7) is 1.97. The van der Waals surface area contributed by atoms with Gasteiger partial charge in [0, 0.05) is 18.3 Å². The van der Waals surface area contributed by atoms with Crippen LogP contribution in [0.25, 0.3) is 0 Å². The first-order chi connectivity index (χ1) is 14.0. The molecular formula is C23H25N3O3. The molecule has 3 aromatic rings. The molecule has 1 amide bonds. The topological polar surface area (TPSA) is 73.1 Å². The smallest absolute Gasteiger partial charge is 0.331 e. The fourth-order valence-corrected chi connectivity index (χ4v) is 3.17. The zero-order valence-corrected chi connectivity index (χ0v) is 16.5. The van der Waals surface area contributed by atoms with Crippen LogP contribution in [0, 0.1) is 0 Å². The van der Waals surface area contributed by atoms with Gasteiger partial charge in [0.25, 0.3) is 5.56 Å². The van der Waals surface area contributed by atoms with Crippen LogP contribution in [-0.4, -0.2) is 21.1 Å². The van der Waals surface area contributed by atoms with E-state index >= 15 is 0 Å². The van der Waals surface area contributed by atoms with Gasteiger partial charge in [-0.15, -0.1) is 0 Å². The Kier molecular flexibility index (Phi) is 6.79. The highest BCUT2D eigenvalue weighted by molar-refractivity contribution is 5.75. The first-order valence-corrected chi connectivity index (χ1v) is 9.70. The van der Waals surface area contributed by atoms with Gasteiger partial charge in [-0.1, -0.05) is 60.7 Å². The molecular weight excluding hydrogens is 366 g/mol. The van der Waals surface area contributed by atoms with Crippen LogP contribution < -0.4 is 16.6 Å². The predicted molar refractivity (Wildman–Crippen MR) is 113 cm³/mol. The summed E-state index contributed by atoms with van der Waals surface area (Å²) < 4.78 is 2.41. The van der Waals surface area contributed by atoms with E-state index in [4.69, 9.17) is 0 Å². The van der Waals surface area contributed by atoms with Crippen molar-refractivity contribution in [2.45, 2.75) is 38.9 Å². The number of benzene rings is 2. The van der Waals surface area contributed by atoms with E-state index in [0.717, 1.165) is 23.0 Å². The molecule has 1 aromatic heterocycles. The second kappa shape index (κ2) is 9.68. The molecule has 0 fully saturated rings. The predicted octanol–water partition coefficient (Wildman–Crippen LogP) is 2.20. The third-order valence-electron chi connectivity index (χ3n) is 4.75. The van der Waals surface area contributed by atoms with Gasteiger partial charge in [0.05, 0.1) is 6.54 Å². The Morgan fingerprint density at radius 3 is 2.21 bits per heavy atom. The highest BCUT2D eigenvalue weighted by atomic mass is 16.2. The SMILES string of the molecule is CC(CCc1ccccc1)NC(=O)Cn1c(=O)ccn(Cc2ccccc2)c1=O. The standard InChI is InChI=1S/C23H25N3O3/c1-18(12-13-19-8-4-2-5-9-19)24-21(27)17-26-22(28)14-15-25(23(26)29)16-20-10-6-3-7-11-20/h2-11,14-15,18H,12-13,16-17H2,1H3,(H,24,27). The maximum Gasteiger partial charge on any atom is 0.331 e. The maximum atomic E-state index is 12.7. The molecule has 0 radical (unpaired) electrons. The lowest BCUT2D eigenvalue weighted by Crippen LogP contribution is -2.44. The van der Waals surface area contributed by atoms with E-state index in [2.05, 4.69) is 5.32 Å². The zero-order chi connectivity index (χ0) is 20.6. The van der Waals surface area contributed by atoms with Crippen molar-refractivity contribution in [2.75, 3.05) is 0 Å². The van der Waals surface area contributed by atoms with Gasteiger partial charge in [0.2, 0.25) is 5.91 Å². The molecule has 2 aromatic carbocycles. The van der Waals surface area contributed by atoms with Gasteiger partial charge in [0.1, 0.15) is 6.54 Å². The summed E-state index contributed by atoms with van der Waals surface area (Å²) in [6, 6.07) is 20.8. The Hall–Kier alpha value is -3.41. The number of aryl methyl sites for hydroxylation is 1. The number of nitrogens with zero attached hydrogens (tertiary/aromatic N) is 2. The van der Waals surface area contributed by atoms with Gasteiger partial charge in [-0.25, -0.2) is 4.79 Å². The number of carbonyl (C=O) groups is 1. The molecule has 0 aliphatic heterocycles. The van der Waals surface area contributed by atoms with E-state index in [-0.39, 0.29) is 18.5 Å². The second-order valence-electron chi connectivity index (χ2n) is 7.13. The Balaban J connectivity index is 1.62. The summed E-state index contributed by atoms with van der Waals surface area (Å²) in [6.07, 6.45) is 3.09. The van der Waals surface area contributed by atoms with Gasteiger partial charge in [-0.3, -0.25) is 18.7 Å². The van der Waals surface area contributed by atoms with Crippen molar-refractivity contribution in [1.82, 2.24) is 14.5 Å². The quantitative estimate of drug-likeness (QED) is 0.640. The summed E-state index contributed by atoms with van der Waals surface area (Å²) in [7, 11) is 0. The molecule has 150 valence electrons. The lowest BCUT2D eigenvalue weighted by molar-refractivity contribution is -0.122. The number of amides is 1. The lowest BCUT2D eigenvalue weighted by atomic mass is 10.1. The molecule has 0 saturated heterocycles. The van der Waals surface area contributed by atoms with Gasteiger partial charge in [0.15, 0.2) is 0 Å². The minimum absolute atomic E-state index is 0.0614. The Morgan fingerprint density at radius 1 is 0.931 bits per heavy atom. The maximum absolute atomic E-state index is 12.7. The lowest BCUT2D eigenvalue weighted by Gasteiger charge is -2.15. The van der Waals surface area contributed by atoms with E-state index in [0.29, 0.717) is 6.54 Å². The van der Waals surface area contributed by atoms with Crippen molar-refractivity contribution >= 4 is 5.91 Å². The molecule has 0 spiro atoms. The van der Waals surface area contributed by atoms with Crippen LogP contribution in [0.15, 0.2) is 82.5 Å². The average molecular weight is 391 g/mol. The number of aromatic nitrogens is 2. The van der Waals surface area contributed by atoms with Crippen LogP contribution in [-0.2, 0) is 24.3 Å². The molecule has 0 aliphatic rings. The number of rotatable bonds is 8. The number of carbonyl (C=O) groups excluding carboxylic acids is 1. The Labute approximate surface area is 169 Å². The van der Waals surface area contributed by atoms with E-state index in [1.807, 2.05) is 67.6 Å². The fraction of sp³-hybridized carbons (Fsp3) is 0.261. The summed E-state index contributed by atoms with van der Waals surface area (Å²) in [5.41, 5.74) is 1.18. The summed E-state index contributed by atoms with van der Waals surface area (Å²) in [4.78, 5) is 37.2. The number of hydrogen-bond acceptors (Lipinski definition) is 3. The molecule has 1 unspecified atom stereocenters. The molecule has 1 N–H and O–H groups in total. The Bertz CT molecular complexity index is 1060. The van der Waals surface area contributed by atoms with Gasteiger partial charge in [-0.2, -0.15) is 0 Å². The van der Waals surface area contributed by atoms with Crippen LogP contribution in [0.2, 0.25) is 0 Å². The Morgan fingerprint density at radius 2 is 1.55 bits per heavy atom. The fourth-order valence-electron chi connectivity index (χ4n) is 3.17. The molecule has 0 saturated carbocycles. The summed E-state index contributed by atoms with van der Waals surface area (Å²) in [5.74, 6) is -0.345. The minimum atomic E-state index is -0.492. The first kappa shape index (κ1) is 20.3. The first-order valence-electron chi connectivity index (χ1n) is 9.70. The van der Waals surface area contributed by atoms with Crippen molar-refractivity contribution in [1.29, 1.82) is 0 Å². The van der Waals surface area contributed by atoms with Crippen LogP contribution in [0.3, 0.4) is 0 Å². The van der Waals surface area contributed by atoms with Crippen molar-refractivity contribution in [3.63, 3.8) is 0 Å². The molecule has 0 bridgehead atoms. The van der Waals surface area contributed by atoms with Crippen molar-refractivity contribution in [3.8, 4) is 0 Å². The van der Waals surface area contributed by atoms with Crippen LogP contribution in [0.5, 0.6) is 0 Å². The molecule has 6 nitrogen and oxygen atoms in total. The summed E-state index contributed by atoms with van der Waals surface area (Å²) in [5, 5.41) is 2.88. The van der Waals surface area contributed by atoms with Crippen molar-refractivity contribution in [3.05, 3.63) is 105 Å². The van der Waals surface area contributed by atoms with E-state index in [9.17, 15) is 14.4 Å². The molecule has 3 rings (SSSR count). The third kappa shape index (κ3) is 5.78. The van der Waals surface area contributed by atoms with Crippen LogP contribution in [0.4, 0.5) is 0 Å². The van der Waals surface area contributed by atoms with Crippen molar-refractivity contribution in [2.24, 2.45) is 0 Å². The van der Waals surface area contributed by atoms with Gasteiger partial charge < -0.3 is 5.32 Å². The van der Waals surface area contributed by atoms with E-state index < -0.39 is 11.2 Å². The van der Waals surface area contributed by atoms with Crippen LogP contribution >= 0.6 is 0 Å². The normalized spacial score (nSPS) is 11.8. The zero-order valence-electron chi connectivity index (χ0n) is 16.5. The van der Waals surface area contributed by atoms with Gasteiger partial charge >= 0.3 is 5.69 Å². The van der Waals surface area contributed by atoms with E-state index in [1.54, 1.807) is 0 Å². The molecule has 0 aliphatic carbocycles. The monoisotopic (exact) mass is 391 g/mol. The molecule has 1 heterocycles. The molecule has 29 heavy (non-hydrogen) atoms. The molecule has 6 heteroatoms.